The summed E-state index contributed by atoms with van der Waals surface area (Å²) in [6, 6.07) is 9.94. The summed E-state index contributed by atoms with van der Waals surface area (Å²) < 4.78 is 5.46. The quantitative estimate of drug-likeness (QED) is 0.574. The SMILES string of the molecule is CC(C)(C)OC(=O)N(CCCCCl)Cc1ccccc1. The highest BCUT2D eigenvalue weighted by Crippen LogP contribution is 2.13. The molecule has 0 aliphatic rings. The third-order valence-electron chi connectivity index (χ3n) is 2.68. The van der Waals surface area contributed by atoms with E-state index < -0.39 is 5.60 Å². The molecular formula is C16H24ClNO2. The number of benzene rings is 1. The van der Waals surface area contributed by atoms with Crippen LogP contribution in [0.3, 0.4) is 0 Å². The van der Waals surface area contributed by atoms with Crippen molar-refractivity contribution in [3.05, 3.63) is 35.9 Å². The van der Waals surface area contributed by atoms with Gasteiger partial charge in [0.25, 0.3) is 0 Å². The molecule has 0 atom stereocenters. The minimum atomic E-state index is -0.474. The molecule has 0 fully saturated rings. The Kier molecular flexibility index (Phi) is 6.86. The smallest absolute Gasteiger partial charge is 0.410 e. The van der Waals surface area contributed by atoms with Gasteiger partial charge in [-0.2, -0.15) is 0 Å². The van der Waals surface area contributed by atoms with Crippen molar-refractivity contribution < 1.29 is 9.53 Å². The van der Waals surface area contributed by atoms with Gasteiger partial charge < -0.3 is 9.64 Å². The Labute approximate surface area is 126 Å². The minimum absolute atomic E-state index is 0.268. The van der Waals surface area contributed by atoms with Gasteiger partial charge in [0, 0.05) is 19.0 Å². The number of rotatable bonds is 6. The second-order valence-electron chi connectivity index (χ2n) is 5.78. The fourth-order valence-electron chi connectivity index (χ4n) is 1.76. The Bertz CT molecular complexity index is 401. The summed E-state index contributed by atoms with van der Waals surface area (Å²) in [6.45, 7) is 6.87. The van der Waals surface area contributed by atoms with Crippen LogP contribution in [0.1, 0.15) is 39.2 Å². The van der Waals surface area contributed by atoms with Crippen molar-refractivity contribution >= 4 is 17.7 Å². The molecule has 0 unspecified atom stereocenters. The van der Waals surface area contributed by atoms with E-state index in [0.717, 1.165) is 18.4 Å². The van der Waals surface area contributed by atoms with Gasteiger partial charge in [0.1, 0.15) is 5.60 Å². The lowest BCUT2D eigenvalue weighted by Gasteiger charge is -2.27. The van der Waals surface area contributed by atoms with Gasteiger partial charge in [-0.15, -0.1) is 11.6 Å². The van der Waals surface area contributed by atoms with Crippen molar-refractivity contribution in [2.24, 2.45) is 0 Å². The third-order valence-corrected chi connectivity index (χ3v) is 2.95. The normalized spacial score (nSPS) is 11.2. The molecule has 0 saturated heterocycles. The summed E-state index contributed by atoms with van der Waals surface area (Å²) >= 11 is 5.70. The van der Waals surface area contributed by atoms with Crippen LogP contribution >= 0.6 is 11.6 Å². The first-order chi connectivity index (χ1) is 9.42. The summed E-state index contributed by atoms with van der Waals surface area (Å²) in [5.74, 6) is 0.619. The van der Waals surface area contributed by atoms with E-state index in [1.54, 1.807) is 4.90 Å². The highest BCUT2D eigenvalue weighted by molar-refractivity contribution is 6.17. The van der Waals surface area contributed by atoms with Crippen molar-refractivity contribution in [2.75, 3.05) is 12.4 Å². The van der Waals surface area contributed by atoms with E-state index in [4.69, 9.17) is 16.3 Å². The van der Waals surface area contributed by atoms with Gasteiger partial charge in [0.15, 0.2) is 0 Å². The first kappa shape index (κ1) is 16.8. The Hall–Kier alpha value is -1.22. The van der Waals surface area contributed by atoms with E-state index in [0.29, 0.717) is 19.0 Å². The molecule has 0 aliphatic carbocycles. The molecule has 0 bridgehead atoms. The molecule has 0 spiro atoms. The molecule has 112 valence electrons. The molecule has 4 heteroatoms. The highest BCUT2D eigenvalue weighted by atomic mass is 35.5. The van der Waals surface area contributed by atoms with Crippen LogP contribution < -0.4 is 0 Å². The molecule has 20 heavy (non-hydrogen) atoms. The Morgan fingerprint density at radius 3 is 2.40 bits per heavy atom. The van der Waals surface area contributed by atoms with Gasteiger partial charge in [-0.25, -0.2) is 4.79 Å². The molecule has 0 heterocycles. The van der Waals surface area contributed by atoms with E-state index in [-0.39, 0.29) is 6.09 Å². The van der Waals surface area contributed by atoms with E-state index in [1.165, 1.54) is 0 Å². The fraction of sp³-hybridized carbons (Fsp3) is 0.562. The van der Waals surface area contributed by atoms with Crippen LogP contribution in [0.5, 0.6) is 0 Å². The van der Waals surface area contributed by atoms with Crippen LogP contribution in [-0.2, 0) is 11.3 Å². The molecule has 1 rings (SSSR count). The van der Waals surface area contributed by atoms with Crippen LogP contribution in [0.4, 0.5) is 4.79 Å². The summed E-state index contributed by atoms with van der Waals surface area (Å²) in [7, 11) is 0. The van der Waals surface area contributed by atoms with Crippen molar-refractivity contribution in [1.82, 2.24) is 4.90 Å². The topological polar surface area (TPSA) is 29.5 Å². The Morgan fingerprint density at radius 1 is 1.20 bits per heavy atom. The van der Waals surface area contributed by atoms with Crippen LogP contribution in [0.25, 0.3) is 0 Å². The molecule has 0 N–H and O–H groups in total. The second kappa shape index (κ2) is 8.15. The number of hydrogen-bond donors (Lipinski definition) is 0. The second-order valence-corrected chi connectivity index (χ2v) is 6.16. The number of nitrogens with zero attached hydrogens (tertiary/aromatic N) is 1. The summed E-state index contributed by atoms with van der Waals surface area (Å²) in [5, 5.41) is 0. The van der Waals surface area contributed by atoms with Crippen LogP contribution in [-0.4, -0.2) is 29.0 Å². The zero-order valence-electron chi connectivity index (χ0n) is 12.6. The maximum absolute atomic E-state index is 12.2. The highest BCUT2D eigenvalue weighted by Gasteiger charge is 2.21. The molecule has 1 amide bonds. The molecule has 0 radical (unpaired) electrons. The number of unbranched alkanes of at least 4 members (excludes halogenated alkanes) is 1. The van der Waals surface area contributed by atoms with Gasteiger partial charge in [-0.05, 0) is 39.2 Å². The van der Waals surface area contributed by atoms with Crippen molar-refractivity contribution in [2.45, 2.75) is 45.8 Å². The number of hydrogen-bond acceptors (Lipinski definition) is 2. The van der Waals surface area contributed by atoms with Gasteiger partial charge in [0.05, 0.1) is 0 Å². The number of halogens is 1. The van der Waals surface area contributed by atoms with Gasteiger partial charge in [-0.3, -0.25) is 0 Å². The van der Waals surface area contributed by atoms with Gasteiger partial charge in [0.2, 0.25) is 0 Å². The van der Waals surface area contributed by atoms with Gasteiger partial charge in [-0.1, -0.05) is 30.3 Å². The molecule has 0 aromatic heterocycles. The number of carbonyl (C=O) groups excluding carboxylic acids is 1. The van der Waals surface area contributed by atoms with E-state index in [1.807, 2.05) is 51.1 Å². The maximum atomic E-state index is 12.2. The average Bonchev–Trinajstić information content (AvgIpc) is 2.37. The molecular weight excluding hydrogens is 274 g/mol. The van der Waals surface area contributed by atoms with Crippen molar-refractivity contribution in [3.8, 4) is 0 Å². The molecule has 1 aromatic carbocycles. The number of amides is 1. The predicted molar refractivity (Wildman–Crippen MR) is 83.0 cm³/mol. The average molecular weight is 298 g/mol. The van der Waals surface area contributed by atoms with Crippen LogP contribution in [0.15, 0.2) is 30.3 Å². The minimum Gasteiger partial charge on any atom is -0.444 e. The number of alkyl halides is 1. The molecule has 0 aliphatic heterocycles. The van der Waals surface area contributed by atoms with E-state index in [2.05, 4.69) is 0 Å². The largest absolute Gasteiger partial charge is 0.444 e. The van der Waals surface area contributed by atoms with Crippen LogP contribution in [0, 0.1) is 0 Å². The summed E-state index contributed by atoms with van der Waals surface area (Å²) in [5.41, 5.74) is 0.627. The Morgan fingerprint density at radius 2 is 1.85 bits per heavy atom. The maximum Gasteiger partial charge on any atom is 0.410 e. The predicted octanol–water partition coefficient (Wildman–Crippen LogP) is 4.44. The standard InChI is InChI=1S/C16H24ClNO2/c1-16(2,3)20-15(19)18(12-8-7-11-17)13-14-9-5-4-6-10-14/h4-6,9-10H,7-8,11-13H2,1-3H3. The number of ether oxygens (including phenoxy) is 1. The van der Waals surface area contributed by atoms with E-state index >= 15 is 0 Å². The van der Waals surface area contributed by atoms with Crippen LogP contribution in [0.2, 0.25) is 0 Å². The lowest BCUT2D eigenvalue weighted by molar-refractivity contribution is 0.0231. The lowest BCUT2D eigenvalue weighted by atomic mass is 10.2. The monoisotopic (exact) mass is 297 g/mol. The first-order valence-corrected chi connectivity index (χ1v) is 7.53. The van der Waals surface area contributed by atoms with Crippen molar-refractivity contribution in [3.63, 3.8) is 0 Å². The van der Waals surface area contributed by atoms with Crippen molar-refractivity contribution in [1.29, 1.82) is 0 Å². The lowest BCUT2D eigenvalue weighted by Crippen LogP contribution is -2.37. The Balaban J connectivity index is 2.66. The zero-order valence-corrected chi connectivity index (χ0v) is 13.3. The summed E-state index contributed by atoms with van der Waals surface area (Å²) in [4.78, 5) is 14.0. The fourth-order valence-corrected chi connectivity index (χ4v) is 1.95. The van der Waals surface area contributed by atoms with Gasteiger partial charge >= 0.3 is 6.09 Å². The molecule has 0 saturated carbocycles. The summed E-state index contributed by atoms with van der Waals surface area (Å²) in [6.07, 6.45) is 1.52. The number of carbonyl (C=O) groups is 1. The molecule has 3 nitrogen and oxygen atoms in total. The first-order valence-electron chi connectivity index (χ1n) is 7.00. The zero-order chi connectivity index (χ0) is 15.0. The molecule has 1 aromatic rings. The van der Waals surface area contributed by atoms with E-state index in [9.17, 15) is 4.79 Å². The third kappa shape index (κ3) is 6.80.